The van der Waals surface area contributed by atoms with Gasteiger partial charge in [-0.25, -0.2) is 0 Å². The van der Waals surface area contributed by atoms with Gasteiger partial charge in [0.1, 0.15) is 18.6 Å². The Morgan fingerprint density at radius 1 is 1.29 bits per heavy atom. The van der Waals surface area contributed by atoms with E-state index in [1.54, 1.807) is 0 Å². The third kappa shape index (κ3) is 3.66. The van der Waals surface area contributed by atoms with Gasteiger partial charge >= 0.3 is 0 Å². The lowest BCUT2D eigenvalue weighted by atomic mass is 9.97. The first kappa shape index (κ1) is 17.5. The van der Waals surface area contributed by atoms with E-state index in [1.807, 2.05) is 23.9 Å². The fourth-order valence-corrected chi connectivity index (χ4v) is 4.63. The number of benzene rings is 1. The highest BCUT2D eigenvalue weighted by atomic mass is 32.2. The molecule has 2 aliphatic rings. The highest BCUT2D eigenvalue weighted by Gasteiger charge is 2.34. The molecule has 2 aliphatic heterocycles. The Balaban J connectivity index is 1.76. The van der Waals surface area contributed by atoms with Crippen LogP contribution in [0.5, 0.6) is 11.5 Å². The number of hydrogen-bond donors (Lipinski definition) is 0. The molecule has 0 aliphatic carbocycles. The summed E-state index contributed by atoms with van der Waals surface area (Å²) in [4.78, 5) is 15.1. The second-order valence-electron chi connectivity index (χ2n) is 6.41. The Kier molecular flexibility index (Phi) is 5.93. The molecule has 4 nitrogen and oxygen atoms in total. The average molecular weight is 349 g/mol. The summed E-state index contributed by atoms with van der Waals surface area (Å²) in [5, 5.41) is 0.101. The molecule has 2 heterocycles. The summed E-state index contributed by atoms with van der Waals surface area (Å²) < 4.78 is 11.3. The van der Waals surface area contributed by atoms with E-state index >= 15 is 0 Å². The lowest BCUT2D eigenvalue weighted by Crippen LogP contribution is -2.35. The van der Waals surface area contributed by atoms with Gasteiger partial charge < -0.3 is 14.4 Å². The first-order chi connectivity index (χ1) is 11.7. The van der Waals surface area contributed by atoms with E-state index in [4.69, 9.17) is 9.47 Å². The number of rotatable bonds is 6. The summed E-state index contributed by atoms with van der Waals surface area (Å²) >= 11 is 1.84. The molecule has 1 amide bonds. The number of nitrogens with zero attached hydrogens (tertiary/aromatic N) is 1. The molecule has 0 saturated carbocycles. The van der Waals surface area contributed by atoms with Crippen molar-refractivity contribution < 1.29 is 14.3 Å². The second kappa shape index (κ2) is 8.15. The molecular weight excluding hydrogens is 322 g/mol. The molecule has 132 valence electrons. The maximum absolute atomic E-state index is 13.0. The molecule has 0 bridgehead atoms. The van der Waals surface area contributed by atoms with Crippen LogP contribution in [0.3, 0.4) is 0 Å². The predicted octanol–water partition coefficient (Wildman–Crippen LogP) is 4.25. The number of amides is 1. The topological polar surface area (TPSA) is 38.8 Å². The van der Waals surface area contributed by atoms with Gasteiger partial charge in [0.25, 0.3) is 0 Å². The van der Waals surface area contributed by atoms with Gasteiger partial charge in [0, 0.05) is 18.2 Å². The number of thioether (sulfide) groups is 1. The van der Waals surface area contributed by atoms with Gasteiger partial charge in [0.2, 0.25) is 5.91 Å². The molecule has 0 radical (unpaired) electrons. The van der Waals surface area contributed by atoms with Crippen molar-refractivity contribution in [3.63, 3.8) is 0 Å². The van der Waals surface area contributed by atoms with Gasteiger partial charge in [0.15, 0.2) is 11.5 Å². The van der Waals surface area contributed by atoms with E-state index in [1.165, 1.54) is 0 Å². The van der Waals surface area contributed by atoms with E-state index in [9.17, 15) is 4.79 Å². The van der Waals surface area contributed by atoms with Crippen LogP contribution in [-0.2, 0) is 4.79 Å². The summed E-state index contributed by atoms with van der Waals surface area (Å²) in [6.07, 6.45) is 4.19. The molecule has 0 aromatic heterocycles. The monoisotopic (exact) mass is 349 g/mol. The molecular formula is C19H27NO3S. The number of carbonyl (C=O) groups is 1. The fourth-order valence-electron chi connectivity index (χ4n) is 3.37. The lowest BCUT2D eigenvalue weighted by molar-refractivity contribution is -0.136. The second-order valence-corrected chi connectivity index (χ2v) is 7.59. The largest absolute Gasteiger partial charge is 0.486 e. The molecule has 0 N–H and O–H groups in total. The Hall–Kier alpha value is -1.36. The van der Waals surface area contributed by atoms with Crippen LogP contribution in [0.4, 0.5) is 0 Å². The highest BCUT2D eigenvalue weighted by Crippen LogP contribution is 2.42. The molecule has 0 spiro atoms. The van der Waals surface area contributed by atoms with Crippen molar-refractivity contribution in [2.75, 3.05) is 25.5 Å². The maximum Gasteiger partial charge on any atom is 0.226 e. The molecule has 3 rings (SSSR count). The summed E-state index contributed by atoms with van der Waals surface area (Å²) in [5.41, 5.74) is 1.14. The molecule has 24 heavy (non-hydrogen) atoms. The molecule has 1 fully saturated rings. The summed E-state index contributed by atoms with van der Waals surface area (Å²) in [6, 6.07) is 6.09. The van der Waals surface area contributed by atoms with Gasteiger partial charge in [-0.1, -0.05) is 32.8 Å². The quantitative estimate of drug-likeness (QED) is 0.770. The first-order valence-electron chi connectivity index (χ1n) is 9.06. The van der Waals surface area contributed by atoms with Gasteiger partial charge in [-0.3, -0.25) is 4.79 Å². The molecule has 5 heteroatoms. The van der Waals surface area contributed by atoms with Crippen LogP contribution < -0.4 is 9.47 Å². The lowest BCUT2D eigenvalue weighted by Gasteiger charge is -2.29. The Labute approximate surface area is 148 Å². The number of hydrogen-bond acceptors (Lipinski definition) is 4. The zero-order valence-electron chi connectivity index (χ0n) is 14.6. The molecule has 1 saturated heterocycles. The van der Waals surface area contributed by atoms with Crippen LogP contribution in [-0.4, -0.2) is 36.3 Å². The standard InChI is InChI=1S/C19H27NO3S/c1-3-5-6-14(4-2)18(21)20-9-12-24-19(20)15-7-8-16-17(13-15)23-11-10-22-16/h7-8,13-14,19H,3-6,9-12H2,1-2H3. The minimum atomic E-state index is 0.101. The summed E-state index contributed by atoms with van der Waals surface area (Å²) in [7, 11) is 0. The minimum absolute atomic E-state index is 0.101. The zero-order chi connectivity index (χ0) is 16.9. The zero-order valence-corrected chi connectivity index (χ0v) is 15.4. The van der Waals surface area contributed by atoms with E-state index in [0.29, 0.717) is 19.1 Å². The van der Waals surface area contributed by atoms with Crippen LogP contribution >= 0.6 is 11.8 Å². The summed E-state index contributed by atoms with van der Waals surface area (Å²) in [6.45, 7) is 6.34. The van der Waals surface area contributed by atoms with Crippen molar-refractivity contribution >= 4 is 17.7 Å². The van der Waals surface area contributed by atoms with Crippen LogP contribution in [0.15, 0.2) is 18.2 Å². The fraction of sp³-hybridized carbons (Fsp3) is 0.632. The van der Waals surface area contributed by atoms with E-state index in [-0.39, 0.29) is 11.3 Å². The van der Waals surface area contributed by atoms with Crippen molar-refractivity contribution in [3.05, 3.63) is 23.8 Å². The number of fused-ring (bicyclic) bond motifs is 1. The highest BCUT2D eigenvalue weighted by molar-refractivity contribution is 7.99. The Morgan fingerprint density at radius 2 is 2.08 bits per heavy atom. The smallest absolute Gasteiger partial charge is 0.226 e. The number of unbranched alkanes of at least 4 members (excludes halogenated alkanes) is 1. The predicted molar refractivity (Wildman–Crippen MR) is 97.7 cm³/mol. The third-order valence-electron chi connectivity index (χ3n) is 4.77. The molecule has 1 aromatic carbocycles. The number of carbonyl (C=O) groups excluding carboxylic acids is 1. The van der Waals surface area contributed by atoms with Crippen LogP contribution in [0, 0.1) is 5.92 Å². The van der Waals surface area contributed by atoms with Crippen molar-refractivity contribution in [1.82, 2.24) is 4.90 Å². The third-order valence-corrected chi connectivity index (χ3v) is 6.03. The van der Waals surface area contributed by atoms with Gasteiger partial charge in [-0.2, -0.15) is 0 Å². The van der Waals surface area contributed by atoms with Crippen molar-refractivity contribution in [2.24, 2.45) is 5.92 Å². The normalized spacial score (nSPS) is 20.9. The molecule has 1 aromatic rings. The SMILES string of the molecule is CCCCC(CC)C(=O)N1CCSC1c1ccc2c(c1)OCCO2. The summed E-state index contributed by atoms with van der Waals surface area (Å²) in [5.74, 6) is 3.07. The van der Waals surface area contributed by atoms with Crippen LogP contribution in [0.25, 0.3) is 0 Å². The molecule has 2 unspecified atom stereocenters. The van der Waals surface area contributed by atoms with Gasteiger partial charge in [-0.05, 0) is 30.5 Å². The Bertz CT molecular complexity index is 578. The minimum Gasteiger partial charge on any atom is -0.486 e. The Morgan fingerprint density at radius 3 is 2.83 bits per heavy atom. The van der Waals surface area contributed by atoms with Gasteiger partial charge in [-0.15, -0.1) is 11.8 Å². The van der Waals surface area contributed by atoms with Crippen molar-refractivity contribution in [2.45, 2.75) is 44.9 Å². The first-order valence-corrected chi connectivity index (χ1v) is 10.1. The van der Waals surface area contributed by atoms with E-state index in [2.05, 4.69) is 24.8 Å². The molecule has 2 atom stereocenters. The van der Waals surface area contributed by atoms with E-state index < -0.39 is 0 Å². The van der Waals surface area contributed by atoms with Crippen LogP contribution in [0.2, 0.25) is 0 Å². The number of ether oxygens (including phenoxy) is 2. The van der Waals surface area contributed by atoms with Crippen molar-refractivity contribution in [3.8, 4) is 11.5 Å². The van der Waals surface area contributed by atoms with E-state index in [0.717, 1.165) is 55.0 Å². The average Bonchev–Trinajstić information content (AvgIpc) is 3.11. The van der Waals surface area contributed by atoms with Crippen LogP contribution in [0.1, 0.15) is 50.5 Å². The van der Waals surface area contributed by atoms with Crippen molar-refractivity contribution in [1.29, 1.82) is 0 Å². The van der Waals surface area contributed by atoms with Gasteiger partial charge in [0.05, 0.1) is 0 Å². The maximum atomic E-state index is 13.0.